The summed E-state index contributed by atoms with van der Waals surface area (Å²) in [6.07, 6.45) is 2.01. The molecule has 0 saturated heterocycles. The molecule has 1 rings (SSSR count). The number of ether oxygens (including phenoxy) is 1. The molecule has 0 fully saturated rings. The monoisotopic (exact) mass is 264 g/mol. The van der Waals surface area contributed by atoms with Crippen molar-refractivity contribution in [2.45, 2.75) is 46.6 Å². The summed E-state index contributed by atoms with van der Waals surface area (Å²) >= 11 is 0. The van der Waals surface area contributed by atoms with Crippen LogP contribution in [0.5, 0.6) is 5.75 Å². The molecule has 1 atom stereocenters. The highest BCUT2D eigenvalue weighted by Crippen LogP contribution is 2.29. The average molecular weight is 264 g/mol. The Balaban J connectivity index is 2.65. The van der Waals surface area contributed by atoms with Crippen LogP contribution in [-0.2, 0) is 6.42 Å². The van der Waals surface area contributed by atoms with Crippen molar-refractivity contribution in [3.63, 3.8) is 0 Å². The van der Waals surface area contributed by atoms with E-state index >= 15 is 0 Å². The molecule has 1 aromatic carbocycles. The Morgan fingerprint density at radius 1 is 1.21 bits per heavy atom. The smallest absolute Gasteiger partial charge is 0.125 e. The highest BCUT2D eigenvalue weighted by molar-refractivity contribution is 5.49. The van der Waals surface area contributed by atoms with Gasteiger partial charge in [-0.15, -0.1) is 0 Å². The van der Waals surface area contributed by atoms with Crippen molar-refractivity contribution in [2.24, 2.45) is 5.73 Å². The normalized spacial score (nSPS) is 12.5. The first-order chi connectivity index (χ1) is 8.97. The maximum Gasteiger partial charge on any atom is 0.125 e. The highest BCUT2D eigenvalue weighted by Gasteiger charge is 2.11. The number of nitrogens with one attached hydrogen (secondary N) is 1. The fourth-order valence-electron chi connectivity index (χ4n) is 2.36. The van der Waals surface area contributed by atoms with E-state index in [1.807, 2.05) is 6.92 Å². The molecule has 0 aromatic heterocycles. The fourth-order valence-corrected chi connectivity index (χ4v) is 2.36. The van der Waals surface area contributed by atoms with Crippen molar-refractivity contribution >= 4 is 0 Å². The van der Waals surface area contributed by atoms with Crippen molar-refractivity contribution in [2.75, 3.05) is 20.2 Å². The van der Waals surface area contributed by atoms with Gasteiger partial charge in [0.1, 0.15) is 5.75 Å². The molecule has 0 aliphatic heterocycles. The van der Waals surface area contributed by atoms with Crippen LogP contribution in [0.4, 0.5) is 0 Å². The van der Waals surface area contributed by atoms with E-state index in [4.69, 9.17) is 10.5 Å². The van der Waals surface area contributed by atoms with E-state index in [1.54, 1.807) is 7.11 Å². The highest BCUT2D eigenvalue weighted by atomic mass is 16.5. The standard InChI is InChI=1S/C16H28N2O/c1-11-10-12(2)15(16(19-5)14(11)4)7-9-18-8-6-13(3)17/h10,13,18H,6-9,17H2,1-5H3. The second-order valence-corrected chi connectivity index (χ2v) is 5.41. The molecule has 0 heterocycles. The van der Waals surface area contributed by atoms with Crippen LogP contribution in [-0.4, -0.2) is 26.2 Å². The number of benzene rings is 1. The Kier molecular flexibility index (Phi) is 6.32. The summed E-state index contributed by atoms with van der Waals surface area (Å²) < 4.78 is 5.59. The number of nitrogens with two attached hydrogens (primary N) is 1. The van der Waals surface area contributed by atoms with Crippen molar-refractivity contribution < 1.29 is 4.74 Å². The zero-order chi connectivity index (χ0) is 14.4. The van der Waals surface area contributed by atoms with Gasteiger partial charge >= 0.3 is 0 Å². The quantitative estimate of drug-likeness (QED) is 0.744. The van der Waals surface area contributed by atoms with Crippen LogP contribution in [0.1, 0.15) is 35.6 Å². The van der Waals surface area contributed by atoms with E-state index in [1.165, 1.54) is 22.3 Å². The maximum atomic E-state index is 5.73. The molecule has 3 N–H and O–H groups in total. The van der Waals surface area contributed by atoms with E-state index in [0.717, 1.165) is 31.7 Å². The average Bonchev–Trinajstić information content (AvgIpc) is 2.34. The molecule has 0 saturated carbocycles. The van der Waals surface area contributed by atoms with Gasteiger partial charge in [0, 0.05) is 6.04 Å². The molecule has 1 aromatic rings. The van der Waals surface area contributed by atoms with Gasteiger partial charge in [-0.05, 0) is 75.9 Å². The van der Waals surface area contributed by atoms with E-state index in [2.05, 4.69) is 32.2 Å². The molecule has 0 aliphatic rings. The topological polar surface area (TPSA) is 47.3 Å². The lowest BCUT2D eigenvalue weighted by Crippen LogP contribution is -2.25. The molecule has 1 unspecified atom stereocenters. The van der Waals surface area contributed by atoms with Gasteiger partial charge in [-0.1, -0.05) is 6.07 Å². The minimum absolute atomic E-state index is 0.269. The maximum absolute atomic E-state index is 5.73. The molecular weight excluding hydrogens is 236 g/mol. The fraction of sp³-hybridized carbons (Fsp3) is 0.625. The van der Waals surface area contributed by atoms with E-state index < -0.39 is 0 Å². The largest absolute Gasteiger partial charge is 0.496 e. The first-order valence-electron chi connectivity index (χ1n) is 7.07. The third-order valence-electron chi connectivity index (χ3n) is 3.65. The molecule has 108 valence electrons. The molecule has 0 radical (unpaired) electrons. The molecule has 3 nitrogen and oxygen atoms in total. The van der Waals surface area contributed by atoms with Gasteiger partial charge in [0.2, 0.25) is 0 Å². The first kappa shape index (κ1) is 16.0. The summed E-state index contributed by atoms with van der Waals surface area (Å²) in [5.74, 6) is 1.05. The Bertz CT molecular complexity index is 414. The minimum atomic E-state index is 0.269. The van der Waals surface area contributed by atoms with Gasteiger partial charge in [-0.25, -0.2) is 0 Å². The summed E-state index contributed by atoms with van der Waals surface area (Å²) in [4.78, 5) is 0. The van der Waals surface area contributed by atoms with Crippen molar-refractivity contribution in [1.29, 1.82) is 0 Å². The second-order valence-electron chi connectivity index (χ2n) is 5.41. The lowest BCUT2D eigenvalue weighted by Gasteiger charge is -2.17. The summed E-state index contributed by atoms with van der Waals surface area (Å²) in [5.41, 5.74) is 10.9. The molecule has 0 spiro atoms. The Hall–Kier alpha value is -1.06. The van der Waals surface area contributed by atoms with Gasteiger partial charge in [0.15, 0.2) is 0 Å². The third kappa shape index (κ3) is 4.51. The van der Waals surface area contributed by atoms with E-state index in [9.17, 15) is 0 Å². The van der Waals surface area contributed by atoms with Crippen LogP contribution >= 0.6 is 0 Å². The SMILES string of the molecule is COc1c(C)c(C)cc(C)c1CCNCCC(C)N. The van der Waals surface area contributed by atoms with Crippen molar-refractivity contribution in [3.05, 3.63) is 28.3 Å². The van der Waals surface area contributed by atoms with Crippen LogP contribution in [0.15, 0.2) is 6.07 Å². The van der Waals surface area contributed by atoms with Crippen LogP contribution in [0.2, 0.25) is 0 Å². The number of rotatable bonds is 7. The van der Waals surface area contributed by atoms with Crippen LogP contribution in [0, 0.1) is 20.8 Å². The Morgan fingerprint density at radius 3 is 2.47 bits per heavy atom. The molecule has 0 aliphatic carbocycles. The first-order valence-corrected chi connectivity index (χ1v) is 7.07. The third-order valence-corrected chi connectivity index (χ3v) is 3.65. The number of methoxy groups -OCH3 is 1. The number of hydrogen-bond donors (Lipinski definition) is 2. The second kappa shape index (κ2) is 7.51. The lowest BCUT2D eigenvalue weighted by molar-refractivity contribution is 0.405. The Labute approximate surface area is 117 Å². The van der Waals surface area contributed by atoms with Crippen molar-refractivity contribution in [1.82, 2.24) is 5.32 Å². The predicted octanol–water partition coefficient (Wildman–Crippen LogP) is 2.49. The minimum Gasteiger partial charge on any atom is -0.496 e. The Morgan fingerprint density at radius 2 is 1.89 bits per heavy atom. The summed E-state index contributed by atoms with van der Waals surface area (Å²) in [5, 5.41) is 3.44. The molecule has 0 bridgehead atoms. The lowest BCUT2D eigenvalue weighted by atomic mass is 9.97. The number of aryl methyl sites for hydroxylation is 2. The van der Waals surface area contributed by atoms with Gasteiger partial charge in [0.05, 0.1) is 7.11 Å². The summed E-state index contributed by atoms with van der Waals surface area (Å²) in [6, 6.07) is 2.51. The van der Waals surface area contributed by atoms with Gasteiger partial charge < -0.3 is 15.8 Å². The zero-order valence-corrected chi connectivity index (χ0v) is 13.0. The molecule has 0 amide bonds. The van der Waals surface area contributed by atoms with E-state index in [-0.39, 0.29) is 6.04 Å². The van der Waals surface area contributed by atoms with Crippen molar-refractivity contribution in [3.8, 4) is 5.75 Å². The predicted molar refractivity (Wildman–Crippen MR) is 82.0 cm³/mol. The van der Waals surface area contributed by atoms with Gasteiger partial charge in [0.25, 0.3) is 0 Å². The van der Waals surface area contributed by atoms with Crippen LogP contribution < -0.4 is 15.8 Å². The summed E-state index contributed by atoms with van der Waals surface area (Å²) in [7, 11) is 1.76. The zero-order valence-electron chi connectivity index (χ0n) is 13.0. The van der Waals surface area contributed by atoms with Crippen LogP contribution in [0.25, 0.3) is 0 Å². The van der Waals surface area contributed by atoms with Gasteiger partial charge in [-0.2, -0.15) is 0 Å². The number of hydrogen-bond acceptors (Lipinski definition) is 3. The molecule has 3 heteroatoms. The molecular formula is C16H28N2O. The van der Waals surface area contributed by atoms with Crippen LogP contribution in [0.3, 0.4) is 0 Å². The van der Waals surface area contributed by atoms with E-state index in [0.29, 0.717) is 0 Å². The molecule has 19 heavy (non-hydrogen) atoms. The van der Waals surface area contributed by atoms with Gasteiger partial charge in [-0.3, -0.25) is 0 Å². The summed E-state index contributed by atoms with van der Waals surface area (Å²) in [6.45, 7) is 10.4.